The van der Waals surface area contributed by atoms with Crippen molar-refractivity contribution in [2.24, 2.45) is 0 Å². The van der Waals surface area contributed by atoms with Crippen molar-refractivity contribution in [2.45, 2.75) is 25.2 Å². The van der Waals surface area contributed by atoms with Crippen LogP contribution in [0.2, 0.25) is 0 Å². The lowest BCUT2D eigenvalue weighted by Crippen LogP contribution is -2.24. The van der Waals surface area contributed by atoms with E-state index in [1.807, 2.05) is 0 Å². The maximum atomic E-state index is 12.3. The van der Waals surface area contributed by atoms with Gasteiger partial charge in [-0.2, -0.15) is 5.10 Å². The van der Waals surface area contributed by atoms with Gasteiger partial charge >= 0.3 is 0 Å². The molecule has 2 N–H and O–H groups in total. The minimum absolute atomic E-state index is 0.118. The number of amides is 1. The molecule has 0 aliphatic heterocycles. The number of nitrogens with zero attached hydrogens (tertiary/aromatic N) is 4. The summed E-state index contributed by atoms with van der Waals surface area (Å²) in [4.78, 5) is 24.6. The fourth-order valence-corrected chi connectivity index (χ4v) is 2.32. The number of nitrogens with one attached hydrogen (secondary N) is 2. The zero-order chi connectivity index (χ0) is 20.0. The molecule has 0 unspecified atom stereocenters. The maximum Gasteiger partial charge on any atom is 0.262 e. The van der Waals surface area contributed by atoms with Crippen LogP contribution in [0.5, 0.6) is 5.88 Å². The Balaban J connectivity index is 0.000000320. The van der Waals surface area contributed by atoms with Gasteiger partial charge < -0.3 is 10.1 Å². The number of anilines is 1. The molecule has 28 heavy (non-hydrogen) atoms. The molecule has 1 aliphatic carbocycles. The van der Waals surface area contributed by atoms with E-state index in [1.165, 1.54) is 13.4 Å². The fourth-order valence-electron chi connectivity index (χ4n) is 2.32. The number of hydrogen-bond acceptors (Lipinski definition) is 6. The Morgan fingerprint density at radius 1 is 1.21 bits per heavy atom. The lowest BCUT2D eigenvalue weighted by molar-refractivity contribution is -0.0717. The number of alkyl halides is 2. The number of carbonyl (C=O) groups excluding carboxylic acids is 1. The monoisotopic (exact) mass is 388 g/mol. The van der Waals surface area contributed by atoms with Crippen LogP contribution in [0.1, 0.15) is 29.6 Å². The first kappa shape index (κ1) is 19.3. The summed E-state index contributed by atoms with van der Waals surface area (Å²) in [5.74, 6) is -1.46. The first-order valence-corrected chi connectivity index (χ1v) is 8.49. The third-order valence-corrected chi connectivity index (χ3v) is 3.94. The van der Waals surface area contributed by atoms with Gasteiger partial charge in [-0.05, 0) is 30.7 Å². The van der Waals surface area contributed by atoms with Gasteiger partial charge in [0, 0.05) is 19.0 Å². The zero-order valence-electron chi connectivity index (χ0n) is 15.0. The van der Waals surface area contributed by atoms with Gasteiger partial charge in [-0.25, -0.2) is 23.7 Å². The molecule has 0 aromatic carbocycles. The molecule has 0 spiro atoms. The zero-order valence-corrected chi connectivity index (χ0v) is 15.0. The smallest absolute Gasteiger partial charge is 0.262 e. The molecule has 1 saturated carbocycles. The molecule has 3 aromatic heterocycles. The maximum absolute atomic E-state index is 12.3. The van der Waals surface area contributed by atoms with Crippen molar-refractivity contribution < 1.29 is 18.3 Å². The van der Waals surface area contributed by atoms with Gasteiger partial charge in [-0.3, -0.25) is 9.89 Å². The van der Waals surface area contributed by atoms with E-state index in [2.05, 4.69) is 30.5 Å². The van der Waals surface area contributed by atoms with Crippen molar-refractivity contribution in [3.63, 3.8) is 0 Å². The first-order valence-electron chi connectivity index (χ1n) is 8.49. The van der Waals surface area contributed by atoms with Gasteiger partial charge in [0.05, 0.1) is 7.11 Å². The molecule has 146 valence electrons. The SMILES string of the molecule is COc1ncccc1C(=O)Nc1cccc(-c2ncn[nH]2)n1.FC1(F)CCC1. The van der Waals surface area contributed by atoms with E-state index in [-0.39, 0.29) is 24.6 Å². The molecule has 1 amide bonds. The first-order chi connectivity index (χ1) is 13.5. The van der Waals surface area contributed by atoms with Crippen molar-refractivity contribution in [1.82, 2.24) is 25.1 Å². The highest BCUT2D eigenvalue weighted by Gasteiger charge is 2.36. The molecule has 8 nitrogen and oxygen atoms in total. The van der Waals surface area contributed by atoms with Crippen LogP contribution in [-0.2, 0) is 0 Å². The van der Waals surface area contributed by atoms with E-state index in [0.29, 0.717) is 29.3 Å². The van der Waals surface area contributed by atoms with Gasteiger partial charge in [0.15, 0.2) is 5.82 Å². The summed E-state index contributed by atoms with van der Waals surface area (Å²) in [6.07, 6.45) is 3.90. The highest BCUT2D eigenvalue weighted by atomic mass is 19.3. The van der Waals surface area contributed by atoms with E-state index in [1.54, 1.807) is 36.5 Å². The standard InChI is InChI=1S/C14H12N6O2.C4H6F2/c1-22-14-9(4-3-7-15-14)13(21)19-11-6-2-5-10(18-11)12-16-8-17-20-12;5-4(6)2-1-3-4/h2-8H,1H3,(H,16,17,20)(H,18,19,21);1-3H2. The van der Waals surface area contributed by atoms with E-state index in [4.69, 9.17) is 4.74 Å². The second-order valence-electron chi connectivity index (χ2n) is 5.97. The summed E-state index contributed by atoms with van der Waals surface area (Å²) >= 11 is 0. The normalized spacial score (nSPS) is 14.2. The number of aromatic nitrogens is 5. The summed E-state index contributed by atoms with van der Waals surface area (Å²) in [5, 5.41) is 9.19. The molecule has 10 heteroatoms. The fraction of sp³-hybridized carbons (Fsp3) is 0.278. The van der Waals surface area contributed by atoms with Crippen molar-refractivity contribution >= 4 is 11.7 Å². The van der Waals surface area contributed by atoms with Crippen LogP contribution in [0.3, 0.4) is 0 Å². The highest BCUT2D eigenvalue weighted by Crippen LogP contribution is 2.36. The second kappa shape index (κ2) is 8.51. The Kier molecular flexibility index (Phi) is 5.87. The number of rotatable bonds is 4. The minimum atomic E-state index is -2.28. The molecule has 0 radical (unpaired) electrons. The van der Waals surface area contributed by atoms with Crippen LogP contribution in [-0.4, -0.2) is 44.1 Å². The molecule has 0 bridgehead atoms. The number of ether oxygens (including phenoxy) is 1. The largest absolute Gasteiger partial charge is 0.480 e. The van der Waals surface area contributed by atoms with Gasteiger partial charge in [0.2, 0.25) is 11.8 Å². The van der Waals surface area contributed by atoms with Crippen LogP contribution in [0.4, 0.5) is 14.6 Å². The second-order valence-corrected chi connectivity index (χ2v) is 5.97. The minimum Gasteiger partial charge on any atom is -0.480 e. The summed E-state index contributed by atoms with van der Waals surface area (Å²) in [5.41, 5.74) is 0.908. The number of H-pyrrole nitrogens is 1. The van der Waals surface area contributed by atoms with Crippen molar-refractivity contribution in [3.8, 4) is 17.4 Å². The average Bonchev–Trinajstić information content (AvgIpc) is 3.22. The number of methoxy groups -OCH3 is 1. The Hall–Kier alpha value is -3.43. The Morgan fingerprint density at radius 2 is 2.00 bits per heavy atom. The average molecular weight is 388 g/mol. The van der Waals surface area contributed by atoms with Gasteiger partial charge in [-0.15, -0.1) is 0 Å². The van der Waals surface area contributed by atoms with Crippen LogP contribution in [0.25, 0.3) is 11.5 Å². The highest BCUT2D eigenvalue weighted by molar-refractivity contribution is 6.05. The Morgan fingerprint density at radius 3 is 2.61 bits per heavy atom. The van der Waals surface area contributed by atoms with Crippen LogP contribution >= 0.6 is 0 Å². The summed E-state index contributed by atoms with van der Waals surface area (Å²) in [7, 11) is 1.46. The molecule has 0 atom stereocenters. The van der Waals surface area contributed by atoms with E-state index >= 15 is 0 Å². The predicted molar refractivity (Wildman–Crippen MR) is 97.2 cm³/mol. The third kappa shape index (κ3) is 4.84. The van der Waals surface area contributed by atoms with Crippen LogP contribution in [0, 0.1) is 0 Å². The molecule has 1 fully saturated rings. The summed E-state index contributed by atoms with van der Waals surface area (Å²) < 4.78 is 28.1. The van der Waals surface area contributed by atoms with Crippen LogP contribution < -0.4 is 10.1 Å². The number of halogens is 2. The Labute approximate surface area is 159 Å². The number of carbonyl (C=O) groups is 1. The Bertz CT molecular complexity index is 927. The van der Waals surface area contributed by atoms with Crippen molar-refractivity contribution in [1.29, 1.82) is 0 Å². The molecule has 4 rings (SSSR count). The molecule has 1 aliphatic rings. The van der Waals surface area contributed by atoms with Crippen LogP contribution in [0.15, 0.2) is 42.9 Å². The number of aromatic amines is 1. The summed E-state index contributed by atoms with van der Waals surface area (Å²) in [6, 6.07) is 8.50. The van der Waals surface area contributed by atoms with E-state index in [0.717, 1.165) is 0 Å². The molecular formula is C18H18F2N6O2. The van der Waals surface area contributed by atoms with E-state index in [9.17, 15) is 13.6 Å². The molecule has 3 aromatic rings. The summed E-state index contributed by atoms with van der Waals surface area (Å²) in [6.45, 7) is 0. The molecule has 3 heterocycles. The van der Waals surface area contributed by atoms with Crippen molar-refractivity contribution in [3.05, 3.63) is 48.4 Å². The quantitative estimate of drug-likeness (QED) is 0.710. The third-order valence-electron chi connectivity index (χ3n) is 3.94. The lowest BCUT2D eigenvalue weighted by atomic mass is 9.95. The van der Waals surface area contributed by atoms with Gasteiger partial charge in [0.1, 0.15) is 23.4 Å². The van der Waals surface area contributed by atoms with Gasteiger partial charge in [0.25, 0.3) is 5.91 Å². The number of pyridine rings is 2. The number of hydrogen-bond donors (Lipinski definition) is 2. The topological polar surface area (TPSA) is 106 Å². The lowest BCUT2D eigenvalue weighted by Gasteiger charge is -2.23. The molecule has 0 saturated heterocycles. The van der Waals surface area contributed by atoms with Crippen molar-refractivity contribution in [2.75, 3.05) is 12.4 Å². The van der Waals surface area contributed by atoms with E-state index < -0.39 is 5.92 Å². The predicted octanol–water partition coefficient (Wildman–Crippen LogP) is 3.33. The molecular weight excluding hydrogens is 370 g/mol. The van der Waals surface area contributed by atoms with Gasteiger partial charge in [-0.1, -0.05) is 6.07 Å².